The van der Waals surface area contributed by atoms with Gasteiger partial charge in [-0.25, -0.2) is 4.68 Å². The van der Waals surface area contributed by atoms with Crippen molar-refractivity contribution >= 4 is 0 Å². The maximum atomic E-state index is 9.10. The molecule has 0 saturated heterocycles. The number of hydrogen-bond donors (Lipinski definition) is 1. The first-order valence-electron chi connectivity index (χ1n) is 6.09. The molecule has 1 aromatic heterocycles. The number of benzene rings is 1. The summed E-state index contributed by atoms with van der Waals surface area (Å²) in [7, 11) is 3.24. The van der Waals surface area contributed by atoms with E-state index in [2.05, 4.69) is 5.10 Å². The second-order valence-corrected chi connectivity index (χ2v) is 4.16. The molecule has 0 saturated carbocycles. The third-order valence-corrected chi connectivity index (χ3v) is 3.01. The predicted octanol–water partition coefficient (Wildman–Crippen LogP) is 1.73. The zero-order valence-electron chi connectivity index (χ0n) is 11.4. The van der Waals surface area contributed by atoms with Crippen LogP contribution in [0.15, 0.2) is 24.3 Å². The Labute approximate surface area is 112 Å². The number of methoxy groups -OCH3 is 2. The van der Waals surface area contributed by atoms with Crippen molar-refractivity contribution in [3.8, 4) is 17.3 Å². The minimum Gasteiger partial charge on any atom is -0.497 e. The van der Waals surface area contributed by atoms with Crippen molar-refractivity contribution in [2.45, 2.75) is 13.3 Å². The third kappa shape index (κ3) is 2.56. The number of nitrogens with zero attached hydrogens (tertiary/aromatic N) is 2. The van der Waals surface area contributed by atoms with Gasteiger partial charge in [0.15, 0.2) is 0 Å². The predicted molar refractivity (Wildman–Crippen MR) is 72.2 cm³/mol. The molecule has 0 aliphatic rings. The number of aryl methyl sites for hydroxylation is 1. The first-order valence-corrected chi connectivity index (χ1v) is 6.09. The number of aliphatic hydroxyl groups excluding tert-OH is 1. The van der Waals surface area contributed by atoms with Gasteiger partial charge in [-0.1, -0.05) is 0 Å². The van der Waals surface area contributed by atoms with Crippen molar-refractivity contribution in [2.75, 3.05) is 20.8 Å². The molecule has 2 aromatic rings. The van der Waals surface area contributed by atoms with Crippen LogP contribution in [-0.2, 0) is 6.42 Å². The van der Waals surface area contributed by atoms with E-state index in [1.807, 2.05) is 31.2 Å². The topological polar surface area (TPSA) is 56.5 Å². The fraction of sp³-hybridized carbons (Fsp3) is 0.357. The van der Waals surface area contributed by atoms with Crippen LogP contribution in [0.25, 0.3) is 5.69 Å². The SMILES string of the molecule is COc1ccc(-n2nc(C)c(CCO)c2OC)cc1. The van der Waals surface area contributed by atoms with Gasteiger partial charge in [0, 0.05) is 18.6 Å². The van der Waals surface area contributed by atoms with Gasteiger partial charge in [-0.15, -0.1) is 0 Å². The number of hydrogen-bond acceptors (Lipinski definition) is 4. The van der Waals surface area contributed by atoms with Crippen molar-refractivity contribution in [3.63, 3.8) is 0 Å². The van der Waals surface area contributed by atoms with Gasteiger partial charge in [-0.05, 0) is 31.2 Å². The maximum Gasteiger partial charge on any atom is 0.219 e. The van der Waals surface area contributed by atoms with E-state index in [1.165, 1.54) is 0 Å². The molecule has 102 valence electrons. The zero-order valence-corrected chi connectivity index (χ0v) is 11.4. The lowest BCUT2D eigenvalue weighted by Gasteiger charge is -2.08. The molecule has 1 heterocycles. The van der Waals surface area contributed by atoms with Gasteiger partial charge in [-0.2, -0.15) is 5.10 Å². The van der Waals surface area contributed by atoms with E-state index in [0.29, 0.717) is 12.3 Å². The second kappa shape index (κ2) is 5.75. The van der Waals surface area contributed by atoms with E-state index in [0.717, 1.165) is 22.7 Å². The Balaban J connectivity index is 2.45. The minimum atomic E-state index is 0.0749. The highest BCUT2D eigenvalue weighted by molar-refractivity contribution is 5.43. The molecule has 1 aromatic carbocycles. The number of aromatic nitrogens is 2. The van der Waals surface area contributed by atoms with Crippen LogP contribution < -0.4 is 9.47 Å². The summed E-state index contributed by atoms with van der Waals surface area (Å²) in [5.74, 6) is 1.46. The molecule has 5 heteroatoms. The number of aliphatic hydroxyl groups is 1. The largest absolute Gasteiger partial charge is 0.497 e. The van der Waals surface area contributed by atoms with Crippen LogP contribution in [0.3, 0.4) is 0 Å². The lowest BCUT2D eigenvalue weighted by molar-refractivity contribution is 0.295. The first-order chi connectivity index (χ1) is 9.21. The summed E-state index contributed by atoms with van der Waals surface area (Å²) in [6, 6.07) is 7.57. The minimum absolute atomic E-state index is 0.0749. The third-order valence-electron chi connectivity index (χ3n) is 3.01. The molecule has 2 rings (SSSR count). The standard InChI is InChI=1S/C14H18N2O3/c1-10-13(8-9-17)14(19-3)16(15-10)11-4-6-12(18-2)7-5-11/h4-7,17H,8-9H2,1-3H3. The van der Waals surface area contributed by atoms with Crippen molar-refractivity contribution in [3.05, 3.63) is 35.5 Å². The number of ether oxygens (including phenoxy) is 2. The van der Waals surface area contributed by atoms with E-state index in [9.17, 15) is 0 Å². The molecule has 0 unspecified atom stereocenters. The Morgan fingerprint density at radius 1 is 1.16 bits per heavy atom. The van der Waals surface area contributed by atoms with Crippen LogP contribution in [0, 0.1) is 6.92 Å². The van der Waals surface area contributed by atoms with Gasteiger partial charge >= 0.3 is 0 Å². The van der Waals surface area contributed by atoms with Crippen LogP contribution in [0.2, 0.25) is 0 Å². The van der Waals surface area contributed by atoms with Crippen LogP contribution in [0.5, 0.6) is 11.6 Å². The van der Waals surface area contributed by atoms with E-state index >= 15 is 0 Å². The highest BCUT2D eigenvalue weighted by atomic mass is 16.5. The molecule has 19 heavy (non-hydrogen) atoms. The summed E-state index contributed by atoms with van der Waals surface area (Å²) in [6.45, 7) is 1.99. The van der Waals surface area contributed by atoms with E-state index in [-0.39, 0.29) is 6.61 Å². The maximum absolute atomic E-state index is 9.10. The van der Waals surface area contributed by atoms with Crippen LogP contribution >= 0.6 is 0 Å². The van der Waals surface area contributed by atoms with Gasteiger partial charge in [0.25, 0.3) is 0 Å². The van der Waals surface area contributed by atoms with E-state index in [1.54, 1.807) is 18.9 Å². The Kier molecular flexibility index (Phi) is 4.06. The molecule has 0 fully saturated rings. The quantitative estimate of drug-likeness (QED) is 0.891. The average Bonchev–Trinajstić information content (AvgIpc) is 2.76. The molecule has 0 amide bonds. The van der Waals surface area contributed by atoms with Crippen molar-refractivity contribution in [2.24, 2.45) is 0 Å². The smallest absolute Gasteiger partial charge is 0.219 e. The lowest BCUT2D eigenvalue weighted by Crippen LogP contribution is -2.01. The van der Waals surface area contributed by atoms with Crippen LogP contribution in [0.4, 0.5) is 0 Å². The Morgan fingerprint density at radius 3 is 2.37 bits per heavy atom. The molecule has 0 aliphatic heterocycles. The van der Waals surface area contributed by atoms with E-state index in [4.69, 9.17) is 14.6 Å². The lowest BCUT2D eigenvalue weighted by atomic mass is 10.2. The molecule has 5 nitrogen and oxygen atoms in total. The Bertz CT molecular complexity index is 547. The van der Waals surface area contributed by atoms with Crippen molar-refractivity contribution in [1.29, 1.82) is 0 Å². The average molecular weight is 262 g/mol. The normalized spacial score (nSPS) is 10.5. The van der Waals surface area contributed by atoms with E-state index < -0.39 is 0 Å². The molecular formula is C14H18N2O3. The fourth-order valence-corrected chi connectivity index (χ4v) is 2.05. The molecule has 0 radical (unpaired) electrons. The molecule has 0 bridgehead atoms. The van der Waals surface area contributed by atoms with Gasteiger partial charge in [0.05, 0.1) is 25.6 Å². The van der Waals surface area contributed by atoms with Crippen LogP contribution in [-0.4, -0.2) is 35.7 Å². The van der Waals surface area contributed by atoms with Crippen LogP contribution in [0.1, 0.15) is 11.3 Å². The molecular weight excluding hydrogens is 244 g/mol. The Hall–Kier alpha value is -2.01. The molecule has 0 aliphatic carbocycles. The summed E-state index contributed by atoms with van der Waals surface area (Å²) in [5, 5.41) is 13.6. The van der Waals surface area contributed by atoms with Gasteiger partial charge in [0.1, 0.15) is 5.75 Å². The molecule has 0 atom stereocenters. The summed E-state index contributed by atoms with van der Waals surface area (Å²) < 4.78 is 12.3. The van der Waals surface area contributed by atoms with Gasteiger partial charge in [0.2, 0.25) is 5.88 Å². The van der Waals surface area contributed by atoms with Crippen molar-refractivity contribution < 1.29 is 14.6 Å². The summed E-state index contributed by atoms with van der Waals surface area (Å²) in [4.78, 5) is 0. The molecule has 1 N–H and O–H groups in total. The number of rotatable bonds is 5. The zero-order chi connectivity index (χ0) is 13.8. The summed E-state index contributed by atoms with van der Waals surface area (Å²) in [5.41, 5.74) is 2.69. The first kappa shape index (κ1) is 13.4. The highest BCUT2D eigenvalue weighted by Gasteiger charge is 2.16. The van der Waals surface area contributed by atoms with Gasteiger partial charge < -0.3 is 14.6 Å². The van der Waals surface area contributed by atoms with Gasteiger partial charge in [-0.3, -0.25) is 0 Å². The summed E-state index contributed by atoms with van der Waals surface area (Å²) >= 11 is 0. The monoisotopic (exact) mass is 262 g/mol. The Morgan fingerprint density at radius 2 is 1.84 bits per heavy atom. The fourth-order valence-electron chi connectivity index (χ4n) is 2.05. The summed E-state index contributed by atoms with van der Waals surface area (Å²) in [6.07, 6.45) is 0.533. The van der Waals surface area contributed by atoms with Crippen molar-refractivity contribution in [1.82, 2.24) is 9.78 Å². The molecule has 0 spiro atoms. The highest BCUT2D eigenvalue weighted by Crippen LogP contribution is 2.26. The second-order valence-electron chi connectivity index (χ2n) is 4.16.